The van der Waals surface area contributed by atoms with Gasteiger partial charge in [0.2, 0.25) is 0 Å². The van der Waals surface area contributed by atoms with Gasteiger partial charge in [-0.15, -0.1) is 0 Å². The van der Waals surface area contributed by atoms with E-state index in [1.807, 2.05) is 13.8 Å². The fraction of sp³-hybridized carbons (Fsp3) is 0.818. The van der Waals surface area contributed by atoms with Crippen LogP contribution in [0.4, 0.5) is 0 Å². The van der Waals surface area contributed by atoms with Crippen LogP contribution in [0.25, 0.3) is 0 Å². The number of rotatable bonds is 2. The average Bonchev–Trinajstić information content (AvgIpc) is 2.16. The summed E-state index contributed by atoms with van der Waals surface area (Å²) in [6, 6.07) is 0. The maximum absolute atomic E-state index is 11.5. The fourth-order valence-corrected chi connectivity index (χ4v) is 2.07. The van der Waals surface area contributed by atoms with Crippen molar-refractivity contribution < 1.29 is 14.3 Å². The van der Waals surface area contributed by atoms with Crippen LogP contribution >= 0.6 is 0 Å². The SMILES string of the molecule is COC(=O)C(C)(C)[C@@H]1CCCC(=O)C1. The molecule has 0 aromatic heterocycles. The van der Waals surface area contributed by atoms with Crippen molar-refractivity contribution in [3.8, 4) is 0 Å². The Balaban J connectivity index is 2.70. The molecule has 14 heavy (non-hydrogen) atoms. The Morgan fingerprint density at radius 3 is 2.64 bits per heavy atom. The van der Waals surface area contributed by atoms with Gasteiger partial charge >= 0.3 is 5.97 Å². The summed E-state index contributed by atoms with van der Waals surface area (Å²) in [5, 5.41) is 0. The molecule has 0 radical (unpaired) electrons. The summed E-state index contributed by atoms with van der Waals surface area (Å²) in [5.74, 6) is 0.214. The topological polar surface area (TPSA) is 43.4 Å². The van der Waals surface area contributed by atoms with E-state index in [1.165, 1.54) is 7.11 Å². The lowest BCUT2D eigenvalue weighted by Crippen LogP contribution is -2.37. The van der Waals surface area contributed by atoms with E-state index in [-0.39, 0.29) is 17.7 Å². The first kappa shape index (κ1) is 11.2. The molecule has 1 saturated carbocycles. The van der Waals surface area contributed by atoms with Gasteiger partial charge in [-0.2, -0.15) is 0 Å². The molecule has 0 heterocycles. The van der Waals surface area contributed by atoms with Crippen molar-refractivity contribution in [2.75, 3.05) is 7.11 Å². The van der Waals surface area contributed by atoms with Crippen molar-refractivity contribution in [3.63, 3.8) is 0 Å². The molecular weight excluding hydrogens is 180 g/mol. The lowest BCUT2D eigenvalue weighted by Gasteiger charge is -2.33. The number of hydrogen-bond donors (Lipinski definition) is 0. The number of esters is 1. The Kier molecular flexibility index (Phi) is 3.29. The Morgan fingerprint density at radius 1 is 1.50 bits per heavy atom. The minimum atomic E-state index is -0.523. The average molecular weight is 198 g/mol. The summed E-state index contributed by atoms with van der Waals surface area (Å²) < 4.78 is 4.75. The second-order valence-corrected chi connectivity index (χ2v) is 4.55. The van der Waals surface area contributed by atoms with Crippen LogP contribution in [0.2, 0.25) is 0 Å². The van der Waals surface area contributed by atoms with Crippen LogP contribution in [0.5, 0.6) is 0 Å². The lowest BCUT2D eigenvalue weighted by atomic mass is 9.71. The molecule has 1 aliphatic carbocycles. The van der Waals surface area contributed by atoms with Gasteiger partial charge in [-0.05, 0) is 32.6 Å². The van der Waals surface area contributed by atoms with Crippen molar-refractivity contribution in [1.82, 2.24) is 0 Å². The molecule has 1 atom stereocenters. The van der Waals surface area contributed by atoms with Crippen LogP contribution in [0, 0.1) is 11.3 Å². The van der Waals surface area contributed by atoms with E-state index in [1.54, 1.807) is 0 Å². The van der Waals surface area contributed by atoms with E-state index in [9.17, 15) is 9.59 Å². The van der Waals surface area contributed by atoms with Crippen LogP contribution in [0.3, 0.4) is 0 Å². The Morgan fingerprint density at radius 2 is 2.14 bits per heavy atom. The molecule has 0 saturated heterocycles. The highest BCUT2D eigenvalue weighted by molar-refractivity contribution is 5.82. The maximum atomic E-state index is 11.5. The highest BCUT2D eigenvalue weighted by atomic mass is 16.5. The lowest BCUT2D eigenvalue weighted by molar-refractivity contribution is -0.155. The first-order valence-corrected chi connectivity index (χ1v) is 5.08. The number of methoxy groups -OCH3 is 1. The van der Waals surface area contributed by atoms with Gasteiger partial charge < -0.3 is 4.74 Å². The number of carbonyl (C=O) groups is 2. The second-order valence-electron chi connectivity index (χ2n) is 4.55. The predicted molar refractivity (Wildman–Crippen MR) is 52.8 cm³/mol. The standard InChI is InChI=1S/C11H18O3/c1-11(2,10(13)14-3)8-5-4-6-9(12)7-8/h8H,4-7H2,1-3H3/t8-/m1/s1. The summed E-state index contributed by atoms with van der Waals surface area (Å²) in [5.41, 5.74) is -0.523. The molecule has 0 N–H and O–H groups in total. The quantitative estimate of drug-likeness (QED) is 0.637. The van der Waals surface area contributed by atoms with Gasteiger partial charge in [0.1, 0.15) is 5.78 Å². The molecule has 3 nitrogen and oxygen atoms in total. The zero-order valence-corrected chi connectivity index (χ0v) is 9.13. The van der Waals surface area contributed by atoms with E-state index < -0.39 is 5.41 Å². The van der Waals surface area contributed by atoms with Crippen LogP contribution < -0.4 is 0 Å². The van der Waals surface area contributed by atoms with Gasteiger partial charge in [0.15, 0.2) is 0 Å². The molecule has 0 bridgehead atoms. The normalized spacial score (nSPS) is 23.4. The summed E-state index contributed by atoms with van der Waals surface area (Å²) in [4.78, 5) is 22.8. The third kappa shape index (κ3) is 2.14. The van der Waals surface area contributed by atoms with Gasteiger partial charge in [-0.3, -0.25) is 9.59 Å². The molecule has 0 aromatic carbocycles. The molecule has 0 spiro atoms. The van der Waals surface area contributed by atoms with Gasteiger partial charge in [-0.25, -0.2) is 0 Å². The van der Waals surface area contributed by atoms with E-state index in [2.05, 4.69) is 0 Å². The molecule has 0 aliphatic heterocycles. The first-order valence-electron chi connectivity index (χ1n) is 5.08. The zero-order chi connectivity index (χ0) is 10.8. The minimum absolute atomic E-state index is 0.149. The van der Waals surface area contributed by atoms with E-state index in [0.717, 1.165) is 12.8 Å². The zero-order valence-electron chi connectivity index (χ0n) is 9.13. The maximum Gasteiger partial charge on any atom is 0.311 e. The number of carbonyl (C=O) groups excluding carboxylic acids is 2. The van der Waals surface area contributed by atoms with Crippen molar-refractivity contribution in [3.05, 3.63) is 0 Å². The third-order valence-electron chi connectivity index (χ3n) is 3.21. The Hall–Kier alpha value is -0.860. The minimum Gasteiger partial charge on any atom is -0.469 e. The Bertz CT molecular complexity index is 243. The summed E-state index contributed by atoms with van der Waals surface area (Å²) in [6.45, 7) is 3.73. The number of ether oxygens (including phenoxy) is 1. The van der Waals surface area contributed by atoms with Crippen LogP contribution in [0.1, 0.15) is 39.5 Å². The first-order chi connectivity index (χ1) is 6.48. The molecule has 1 fully saturated rings. The highest BCUT2D eigenvalue weighted by Gasteiger charge is 2.39. The largest absolute Gasteiger partial charge is 0.469 e. The van der Waals surface area contributed by atoms with Crippen molar-refractivity contribution in [2.24, 2.45) is 11.3 Å². The second kappa shape index (κ2) is 4.11. The van der Waals surface area contributed by atoms with Gasteiger partial charge in [0.25, 0.3) is 0 Å². The van der Waals surface area contributed by atoms with Gasteiger partial charge in [0.05, 0.1) is 12.5 Å². The molecule has 0 unspecified atom stereocenters. The Labute approximate surface area is 84.8 Å². The van der Waals surface area contributed by atoms with Crippen LogP contribution in [-0.4, -0.2) is 18.9 Å². The van der Waals surface area contributed by atoms with Gasteiger partial charge in [0, 0.05) is 12.8 Å². The van der Waals surface area contributed by atoms with E-state index in [4.69, 9.17) is 4.74 Å². The van der Waals surface area contributed by atoms with Crippen molar-refractivity contribution in [2.45, 2.75) is 39.5 Å². The van der Waals surface area contributed by atoms with E-state index >= 15 is 0 Å². The summed E-state index contributed by atoms with van der Waals surface area (Å²) in [7, 11) is 1.40. The fourth-order valence-electron chi connectivity index (χ4n) is 2.07. The van der Waals surface area contributed by atoms with Crippen molar-refractivity contribution in [1.29, 1.82) is 0 Å². The highest BCUT2D eigenvalue weighted by Crippen LogP contribution is 2.37. The molecule has 0 amide bonds. The van der Waals surface area contributed by atoms with Crippen LogP contribution in [0.15, 0.2) is 0 Å². The third-order valence-corrected chi connectivity index (χ3v) is 3.21. The number of ketones is 1. The number of Topliss-reactive ketones (excluding diaryl/α,β-unsaturated/α-hetero) is 1. The molecule has 80 valence electrons. The van der Waals surface area contributed by atoms with Crippen molar-refractivity contribution >= 4 is 11.8 Å². The van der Waals surface area contributed by atoms with Crippen LogP contribution in [-0.2, 0) is 14.3 Å². The molecule has 3 heteroatoms. The number of hydrogen-bond acceptors (Lipinski definition) is 3. The van der Waals surface area contributed by atoms with Gasteiger partial charge in [-0.1, -0.05) is 0 Å². The molecule has 1 aliphatic rings. The summed E-state index contributed by atoms with van der Waals surface area (Å²) >= 11 is 0. The monoisotopic (exact) mass is 198 g/mol. The smallest absolute Gasteiger partial charge is 0.311 e. The van der Waals surface area contributed by atoms with E-state index in [0.29, 0.717) is 12.8 Å². The summed E-state index contributed by atoms with van der Waals surface area (Å²) in [6.07, 6.45) is 3.06. The molecular formula is C11H18O3. The predicted octanol–water partition coefficient (Wildman–Crippen LogP) is 1.94. The molecule has 1 rings (SSSR count). The molecule has 0 aromatic rings.